The average molecular weight is 240 g/mol. The Morgan fingerprint density at radius 2 is 1.53 bits per heavy atom. The monoisotopic (exact) mass is 240 g/mol. The summed E-state index contributed by atoms with van der Waals surface area (Å²) in [5.41, 5.74) is 0. The van der Waals surface area contributed by atoms with Gasteiger partial charge in [-0.25, -0.2) is 0 Å². The van der Waals surface area contributed by atoms with Crippen LogP contribution in [0.4, 0.5) is 0 Å². The Morgan fingerprint density at radius 1 is 1.00 bits per heavy atom. The summed E-state index contributed by atoms with van der Waals surface area (Å²) in [4.78, 5) is 0. The van der Waals surface area contributed by atoms with Crippen molar-refractivity contribution in [3.63, 3.8) is 0 Å². The molecule has 3 fully saturated rings. The molecule has 0 bridgehead atoms. The third-order valence-electron chi connectivity index (χ3n) is 3.40. The first-order valence-corrected chi connectivity index (χ1v) is 6.82. The van der Waals surface area contributed by atoms with Crippen molar-refractivity contribution in [1.29, 1.82) is 0 Å². The molecule has 2 unspecified atom stereocenters. The quantitative estimate of drug-likeness (QED) is 0.547. The van der Waals surface area contributed by atoms with Crippen molar-refractivity contribution < 1.29 is 14.2 Å². The van der Waals surface area contributed by atoms with Gasteiger partial charge in [-0.15, -0.1) is 6.58 Å². The van der Waals surface area contributed by atoms with Gasteiger partial charge in [-0.3, -0.25) is 0 Å². The summed E-state index contributed by atoms with van der Waals surface area (Å²) in [5.74, 6) is 0.851. The fraction of sp³-hybridized carbons (Fsp3) is 0.857. The van der Waals surface area contributed by atoms with Crippen LogP contribution in [0.3, 0.4) is 0 Å². The number of allylic oxidation sites excluding steroid dienone is 1. The lowest BCUT2D eigenvalue weighted by Gasteiger charge is -2.16. The zero-order valence-corrected chi connectivity index (χ0v) is 10.6. The molecule has 17 heavy (non-hydrogen) atoms. The summed E-state index contributed by atoms with van der Waals surface area (Å²) < 4.78 is 15.1. The van der Waals surface area contributed by atoms with Gasteiger partial charge < -0.3 is 14.2 Å². The first-order chi connectivity index (χ1) is 8.38. The van der Waals surface area contributed by atoms with E-state index in [4.69, 9.17) is 14.2 Å². The Kier molecular flexibility index (Phi) is 5.49. The number of ether oxygens (including phenoxy) is 3. The van der Waals surface area contributed by atoms with Crippen molar-refractivity contribution in [1.82, 2.24) is 0 Å². The van der Waals surface area contributed by atoms with E-state index in [1.807, 2.05) is 0 Å². The molecule has 0 radical (unpaired) electrons. The molecule has 3 nitrogen and oxygen atoms in total. The van der Waals surface area contributed by atoms with Gasteiger partial charge in [0.05, 0.1) is 26.4 Å². The highest BCUT2D eigenvalue weighted by atomic mass is 16.6. The third kappa shape index (κ3) is 6.20. The van der Waals surface area contributed by atoms with Crippen LogP contribution in [-0.4, -0.2) is 38.6 Å². The molecular weight excluding hydrogens is 216 g/mol. The molecule has 0 aromatic heterocycles. The highest BCUT2D eigenvalue weighted by Crippen LogP contribution is 2.23. The van der Waals surface area contributed by atoms with Crippen LogP contribution in [0.15, 0.2) is 12.7 Å². The van der Waals surface area contributed by atoms with Crippen LogP contribution in [-0.2, 0) is 14.2 Å². The minimum atomic E-state index is 0.392. The predicted octanol–water partition coefficient (Wildman–Crippen LogP) is 2.55. The first kappa shape index (κ1) is 13.1. The fourth-order valence-corrected chi connectivity index (χ4v) is 2.03. The Labute approximate surface area is 104 Å². The fourth-order valence-electron chi connectivity index (χ4n) is 2.03. The van der Waals surface area contributed by atoms with Crippen molar-refractivity contribution in [2.75, 3.05) is 26.4 Å². The average Bonchev–Trinajstić information content (AvgIpc) is 3.25. The Balaban J connectivity index is 0.000000128. The lowest BCUT2D eigenvalue weighted by atomic mass is 9.90. The van der Waals surface area contributed by atoms with Crippen LogP contribution in [0.2, 0.25) is 0 Å². The van der Waals surface area contributed by atoms with Crippen molar-refractivity contribution >= 4 is 0 Å². The molecule has 3 aliphatic rings. The number of epoxide rings is 2. The van der Waals surface area contributed by atoms with Gasteiger partial charge in [-0.2, -0.15) is 0 Å². The zero-order valence-electron chi connectivity index (χ0n) is 10.6. The van der Waals surface area contributed by atoms with Crippen molar-refractivity contribution in [2.24, 2.45) is 5.92 Å². The van der Waals surface area contributed by atoms with Gasteiger partial charge in [0.1, 0.15) is 12.2 Å². The third-order valence-corrected chi connectivity index (χ3v) is 3.40. The molecule has 98 valence electrons. The van der Waals surface area contributed by atoms with E-state index in [1.165, 1.54) is 32.1 Å². The molecule has 0 aromatic carbocycles. The van der Waals surface area contributed by atoms with E-state index in [-0.39, 0.29) is 0 Å². The summed E-state index contributed by atoms with van der Waals surface area (Å²) >= 11 is 0. The topological polar surface area (TPSA) is 34.3 Å². The van der Waals surface area contributed by atoms with Gasteiger partial charge in [-0.05, 0) is 18.8 Å². The molecule has 1 aliphatic carbocycles. The molecule has 2 saturated heterocycles. The molecule has 3 rings (SSSR count). The molecule has 0 aromatic rings. The van der Waals surface area contributed by atoms with Gasteiger partial charge >= 0.3 is 0 Å². The Bertz CT molecular complexity index is 204. The van der Waals surface area contributed by atoms with Crippen molar-refractivity contribution in [3.05, 3.63) is 12.7 Å². The molecule has 2 atom stereocenters. The molecule has 1 saturated carbocycles. The van der Waals surface area contributed by atoms with Crippen LogP contribution in [0.5, 0.6) is 0 Å². The maximum Gasteiger partial charge on any atom is 0.104 e. The lowest BCUT2D eigenvalue weighted by Crippen LogP contribution is -2.06. The van der Waals surface area contributed by atoms with Crippen molar-refractivity contribution in [2.45, 2.75) is 44.3 Å². The van der Waals surface area contributed by atoms with Crippen molar-refractivity contribution in [3.8, 4) is 0 Å². The van der Waals surface area contributed by atoms with Crippen LogP contribution in [0.1, 0.15) is 32.1 Å². The van der Waals surface area contributed by atoms with E-state index in [0.717, 1.165) is 32.3 Å². The van der Waals surface area contributed by atoms with Gasteiger partial charge in [-0.1, -0.05) is 25.3 Å². The summed E-state index contributed by atoms with van der Waals surface area (Å²) in [5, 5.41) is 0. The molecule has 0 spiro atoms. The minimum Gasteiger partial charge on any atom is -0.376 e. The van der Waals surface area contributed by atoms with Crippen LogP contribution >= 0.6 is 0 Å². The second kappa shape index (κ2) is 7.14. The normalized spacial score (nSPS) is 31.3. The predicted molar refractivity (Wildman–Crippen MR) is 67.1 cm³/mol. The zero-order chi connectivity index (χ0) is 11.9. The summed E-state index contributed by atoms with van der Waals surface area (Å²) in [6.45, 7) is 7.05. The highest BCUT2D eigenvalue weighted by molar-refractivity contribution is 4.80. The van der Waals surface area contributed by atoms with Crippen LogP contribution < -0.4 is 0 Å². The molecule has 3 heteroatoms. The smallest absolute Gasteiger partial charge is 0.104 e. The largest absolute Gasteiger partial charge is 0.376 e. The van der Waals surface area contributed by atoms with E-state index < -0.39 is 0 Å². The lowest BCUT2D eigenvalue weighted by molar-refractivity contribution is 0.102. The SMILES string of the molecule is C(OCC1CO1)C1CO1.C=CC1CCCCC1. The maximum atomic E-state index is 5.23. The van der Waals surface area contributed by atoms with Crippen LogP contribution in [0.25, 0.3) is 0 Å². The summed E-state index contributed by atoms with van der Waals surface area (Å²) in [6.07, 6.45) is 9.98. The maximum absolute atomic E-state index is 5.23. The standard InChI is InChI=1S/C8H14.C6H10O3/c1-2-8-6-4-3-5-7-8;1(5-3-8-5)7-2-6-4-9-6/h2,8H,1,3-7H2;5-6H,1-4H2. The van der Waals surface area contributed by atoms with E-state index in [9.17, 15) is 0 Å². The summed E-state index contributed by atoms with van der Waals surface area (Å²) in [7, 11) is 0. The summed E-state index contributed by atoms with van der Waals surface area (Å²) in [6, 6.07) is 0. The van der Waals surface area contributed by atoms with Gasteiger partial charge in [0.25, 0.3) is 0 Å². The highest BCUT2D eigenvalue weighted by Gasteiger charge is 2.26. The number of hydrogen-bond acceptors (Lipinski definition) is 3. The van der Waals surface area contributed by atoms with E-state index in [0.29, 0.717) is 12.2 Å². The molecular formula is C14H24O3. The van der Waals surface area contributed by atoms with Gasteiger partial charge in [0, 0.05) is 0 Å². The van der Waals surface area contributed by atoms with Gasteiger partial charge in [0.15, 0.2) is 0 Å². The molecule has 0 amide bonds. The second-order valence-electron chi connectivity index (χ2n) is 5.08. The molecule has 2 aliphatic heterocycles. The van der Waals surface area contributed by atoms with E-state index in [1.54, 1.807) is 0 Å². The van der Waals surface area contributed by atoms with Gasteiger partial charge in [0.2, 0.25) is 0 Å². The molecule has 2 heterocycles. The van der Waals surface area contributed by atoms with E-state index in [2.05, 4.69) is 12.7 Å². The Hall–Kier alpha value is -0.380. The second-order valence-corrected chi connectivity index (χ2v) is 5.08. The van der Waals surface area contributed by atoms with E-state index >= 15 is 0 Å². The van der Waals surface area contributed by atoms with Crippen LogP contribution in [0, 0.1) is 5.92 Å². The Morgan fingerprint density at radius 3 is 1.88 bits per heavy atom. The minimum absolute atomic E-state index is 0.392. The first-order valence-electron chi connectivity index (χ1n) is 6.82. The number of rotatable bonds is 5. The number of hydrogen-bond donors (Lipinski definition) is 0. The molecule has 0 N–H and O–H groups in total.